The average Bonchev–Trinajstić information content (AvgIpc) is 3.32. The van der Waals surface area contributed by atoms with Gasteiger partial charge in [-0.25, -0.2) is 9.59 Å². The van der Waals surface area contributed by atoms with E-state index in [0.29, 0.717) is 12.2 Å². The van der Waals surface area contributed by atoms with Crippen molar-refractivity contribution in [3.05, 3.63) is 10.4 Å². The smallest absolute Gasteiger partial charge is 0.508 e. The van der Waals surface area contributed by atoms with Crippen LogP contribution in [0.3, 0.4) is 0 Å². The van der Waals surface area contributed by atoms with E-state index in [4.69, 9.17) is 37.9 Å². The van der Waals surface area contributed by atoms with Gasteiger partial charge in [-0.15, -0.1) is 0 Å². The van der Waals surface area contributed by atoms with Gasteiger partial charge in [0.2, 0.25) is 0 Å². The molecule has 11 unspecified atom stereocenters. The molecule has 6 aliphatic rings. The topological polar surface area (TPSA) is 226 Å². The summed E-state index contributed by atoms with van der Waals surface area (Å²) in [6, 6.07) is 1.03. The molecular formula is C58H124N6O16S3. The molecular weight excluding hydrogens is 1130 g/mol. The Hall–Kier alpha value is -1.05. The molecule has 0 aromatic carbocycles. The monoisotopic (exact) mass is 1260 g/mol. The Morgan fingerprint density at radius 3 is 0.843 bits per heavy atom. The highest BCUT2D eigenvalue weighted by Crippen LogP contribution is 2.30. The maximum absolute atomic E-state index is 11.6. The molecule has 22 nitrogen and oxygen atoms in total. The van der Waals surface area contributed by atoms with Crippen molar-refractivity contribution >= 4 is 52.8 Å². The molecule has 0 saturated carbocycles. The average molecular weight is 1260 g/mol. The van der Waals surface area contributed by atoms with Gasteiger partial charge in [-0.05, 0) is 178 Å². The summed E-state index contributed by atoms with van der Waals surface area (Å²) in [5.74, 6) is 0. The van der Waals surface area contributed by atoms with E-state index in [0.717, 1.165) is 51.4 Å². The van der Waals surface area contributed by atoms with Crippen molar-refractivity contribution in [1.82, 2.24) is 19.6 Å². The van der Waals surface area contributed by atoms with E-state index in [1.807, 2.05) is 112 Å². The predicted octanol–water partition coefficient (Wildman–Crippen LogP) is 6.85. The van der Waals surface area contributed by atoms with Gasteiger partial charge in [-0.1, -0.05) is 0 Å². The van der Waals surface area contributed by atoms with Crippen molar-refractivity contribution in [3.8, 4) is 0 Å². The number of carbonyl (C=O) groups excluding carboxylic acids is 2. The zero-order valence-electron chi connectivity index (χ0n) is 56.2. The molecule has 0 spiro atoms. The molecule has 25 heteroatoms. The van der Waals surface area contributed by atoms with Crippen LogP contribution in [0.4, 0.5) is 9.59 Å². The molecule has 22 atom stereocenters. The summed E-state index contributed by atoms with van der Waals surface area (Å²) in [6.07, 6.45) is 6.37. The number of hydrogen-bond acceptors (Lipinski definition) is 20. The fourth-order valence-corrected chi connectivity index (χ4v) is 11.8. The summed E-state index contributed by atoms with van der Waals surface area (Å²) >= 11 is 0. The summed E-state index contributed by atoms with van der Waals surface area (Å²) in [5, 5.41) is 42.8. The van der Waals surface area contributed by atoms with Crippen molar-refractivity contribution in [2.75, 3.05) is 98.8 Å². The van der Waals surface area contributed by atoms with Crippen LogP contribution in [0.15, 0.2) is 0 Å². The molecule has 0 aromatic rings. The lowest BCUT2D eigenvalue weighted by molar-refractivity contribution is -0.872. The van der Waals surface area contributed by atoms with E-state index in [2.05, 4.69) is 56.8 Å². The van der Waals surface area contributed by atoms with Gasteiger partial charge >= 0.3 is 12.3 Å². The van der Waals surface area contributed by atoms with Gasteiger partial charge in [-0.3, -0.25) is 0 Å². The fourth-order valence-electron chi connectivity index (χ4n) is 11.8. The van der Waals surface area contributed by atoms with Crippen molar-refractivity contribution in [2.24, 2.45) is 0 Å². The quantitative estimate of drug-likeness (QED) is 0.144. The second-order valence-electron chi connectivity index (χ2n) is 25.2. The third-order valence-electron chi connectivity index (χ3n) is 16.3. The summed E-state index contributed by atoms with van der Waals surface area (Å²) in [4.78, 5) is 30.6. The van der Waals surface area contributed by atoms with Crippen LogP contribution in [0.1, 0.15) is 134 Å². The van der Waals surface area contributed by atoms with E-state index < -0.39 is 12.3 Å². The molecule has 0 amide bonds. The molecule has 0 aromatic heterocycles. The van der Waals surface area contributed by atoms with E-state index in [1.165, 1.54) is 14.2 Å². The normalized spacial score (nSPS) is 37.1. The van der Waals surface area contributed by atoms with Crippen LogP contribution in [0.2, 0.25) is 0 Å². The minimum absolute atomic E-state index is 0. The lowest BCUT2D eigenvalue weighted by atomic mass is 9.95. The summed E-state index contributed by atoms with van der Waals surface area (Å²) in [7, 11) is 25.3. The first kappa shape index (κ1) is 86.2. The SMILES string of the molecule is CC1CC(N(C)C)C(O)C(C)O1.CC1CCC([N+](C)(C)[O-])C(C)O1.COC(=O)OC1C(C)OC(C)CC1N(C)C.COC(=O)O[C@H]1[C@@H](C)O[C@H](C)C[C@@H]1N(C)C.C[C@@H]1C[C@H](N(C)C)[C@@H](O)[C@@H](C)O1.C[C@H]1CC[C@H]([N+](C)(C)[O-])[C@@H](C)O1.S.S.S. The van der Waals surface area contributed by atoms with Crippen molar-refractivity contribution in [2.45, 2.75) is 268 Å². The second kappa shape index (κ2) is 40.6. The van der Waals surface area contributed by atoms with Crippen molar-refractivity contribution in [3.63, 3.8) is 0 Å². The van der Waals surface area contributed by atoms with Crippen molar-refractivity contribution < 1.29 is 76.5 Å². The highest BCUT2D eigenvalue weighted by molar-refractivity contribution is 7.59. The van der Waals surface area contributed by atoms with Gasteiger partial charge in [0, 0.05) is 24.9 Å². The maximum atomic E-state index is 11.6. The molecule has 83 heavy (non-hydrogen) atoms. The second-order valence-corrected chi connectivity index (χ2v) is 25.2. The molecule has 6 heterocycles. The van der Waals surface area contributed by atoms with Crippen LogP contribution in [-0.4, -0.2) is 284 Å². The van der Waals surface area contributed by atoms with Crippen LogP contribution >= 0.6 is 40.5 Å². The number of aliphatic hydroxyl groups is 2. The van der Waals surface area contributed by atoms with E-state index in [9.17, 15) is 30.2 Å². The van der Waals surface area contributed by atoms with Crippen LogP contribution in [-0.2, 0) is 47.4 Å². The Kier molecular flexibility index (Phi) is 42.1. The summed E-state index contributed by atoms with van der Waals surface area (Å²) < 4.78 is 52.6. The summed E-state index contributed by atoms with van der Waals surface area (Å²) in [6.45, 7) is 24.0. The Labute approximate surface area is 524 Å². The zero-order valence-corrected chi connectivity index (χ0v) is 59.2. The Morgan fingerprint density at radius 2 is 0.627 bits per heavy atom. The molecule has 0 radical (unpaired) electrons. The first-order valence-electron chi connectivity index (χ1n) is 29.3. The van der Waals surface area contributed by atoms with Gasteiger partial charge in [0.15, 0.2) is 0 Å². The van der Waals surface area contributed by atoms with E-state index >= 15 is 0 Å². The number of hydroxylamine groups is 6. The Balaban J connectivity index is -0.000000923. The number of carbonyl (C=O) groups is 2. The molecule has 0 aliphatic carbocycles. The lowest BCUT2D eigenvalue weighted by Crippen LogP contribution is -2.54. The maximum Gasteiger partial charge on any atom is 0.508 e. The first-order valence-corrected chi connectivity index (χ1v) is 29.3. The standard InChI is InChI=1S/2C11H21NO4.4C9H19NO2.3H2S/c2*1-7-6-9(12(3)4)10(8(2)15-7)16-11(13)14-5;2*1-7-5-6-9(8(2)12-7)10(3,4)11;2*1-6-5-8(10(3)4)9(11)7(2)12-6;;;/h2*7-10H,6H2,1-5H3;2*7-9H,5-6H2,1-4H3;2*6-9,11H,5H2,1-4H3;3*1H2/t7-,8-,9+,10+;;7-,8+,9-;;6-,7-,8+,9+;;;;/m1.0.1..../s1. The number of rotatable bonds is 8. The molecule has 6 saturated heterocycles. The summed E-state index contributed by atoms with van der Waals surface area (Å²) in [5.41, 5.74) is 0. The molecule has 0 bridgehead atoms. The molecule has 2 N–H and O–H groups in total. The minimum atomic E-state index is -0.651. The highest BCUT2D eigenvalue weighted by Gasteiger charge is 2.41. The fraction of sp³-hybridized carbons (Fsp3) is 0.966. The van der Waals surface area contributed by atoms with Gasteiger partial charge in [-0.2, -0.15) is 40.5 Å². The third kappa shape index (κ3) is 30.3. The number of likely N-dealkylation sites (N-methyl/N-ethyl adjacent to an activating group) is 6. The third-order valence-corrected chi connectivity index (χ3v) is 16.3. The number of ether oxygens (including phenoxy) is 10. The largest absolute Gasteiger partial charge is 0.633 e. The zero-order chi connectivity index (χ0) is 61.9. The number of aliphatic hydroxyl groups excluding tert-OH is 2. The van der Waals surface area contributed by atoms with Gasteiger partial charge < -0.3 is 96.9 Å². The van der Waals surface area contributed by atoms with Crippen LogP contribution in [0.25, 0.3) is 0 Å². The van der Waals surface area contributed by atoms with Gasteiger partial charge in [0.1, 0.15) is 36.5 Å². The Bertz CT molecular complexity index is 1610. The number of quaternary nitrogens is 2. The van der Waals surface area contributed by atoms with Gasteiger partial charge in [0.25, 0.3) is 0 Å². The molecule has 6 aliphatic heterocycles. The van der Waals surface area contributed by atoms with Gasteiger partial charge in [0.05, 0.1) is 128 Å². The Morgan fingerprint density at radius 1 is 0.398 bits per heavy atom. The molecule has 6 rings (SSSR count). The lowest BCUT2D eigenvalue weighted by Gasteiger charge is -2.47. The van der Waals surface area contributed by atoms with E-state index in [1.54, 1.807) is 28.2 Å². The van der Waals surface area contributed by atoms with Crippen LogP contribution in [0.5, 0.6) is 0 Å². The predicted molar refractivity (Wildman–Crippen MR) is 343 cm³/mol. The molecule has 6 fully saturated rings. The van der Waals surface area contributed by atoms with E-state index in [-0.39, 0.29) is 171 Å². The number of methoxy groups -OCH3 is 2. The highest BCUT2D eigenvalue weighted by atomic mass is 32.1. The number of hydrogen-bond donors (Lipinski definition) is 2. The molecule has 500 valence electrons. The number of nitrogens with zero attached hydrogens (tertiary/aromatic N) is 6. The first-order chi connectivity index (χ1) is 36.8. The van der Waals surface area contributed by atoms with Crippen LogP contribution < -0.4 is 0 Å². The van der Waals surface area contributed by atoms with Crippen molar-refractivity contribution in [1.29, 1.82) is 0 Å². The van der Waals surface area contributed by atoms with Crippen LogP contribution in [0, 0.1) is 10.4 Å². The minimum Gasteiger partial charge on any atom is -0.633 e.